The van der Waals surface area contributed by atoms with Crippen molar-refractivity contribution in [1.82, 2.24) is 0 Å². The third-order valence-electron chi connectivity index (χ3n) is 3.46. The average Bonchev–Trinajstić information content (AvgIpc) is 2.74. The minimum absolute atomic E-state index is 1.35. The van der Waals surface area contributed by atoms with Gasteiger partial charge in [0.15, 0.2) is 0 Å². The van der Waals surface area contributed by atoms with Gasteiger partial charge in [-0.1, -0.05) is 11.1 Å². The standard InChI is InChI=1S/C13H20/c1-10(2)12-8-5-9-13(12)11-6-3-4-7-11/h3-9H2,1-2H3. The smallest absolute Gasteiger partial charge is 0.0273 e. The molecule has 0 aromatic heterocycles. The van der Waals surface area contributed by atoms with Crippen molar-refractivity contribution in [2.75, 3.05) is 0 Å². The van der Waals surface area contributed by atoms with Gasteiger partial charge < -0.3 is 0 Å². The minimum Gasteiger partial charge on any atom is -0.0730 e. The third-order valence-corrected chi connectivity index (χ3v) is 3.46. The first kappa shape index (κ1) is 9.05. The van der Waals surface area contributed by atoms with E-state index >= 15 is 0 Å². The summed E-state index contributed by atoms with van der Waals surface area (Å²) < 4.78 is 0. The Morgan fingerprint density at radius 2 is 1.54 bits per heavy atom. The highest BCUT2D eigenvalue weighted by Gasteiger charge is 2.20. The third kappa shape index (κ3) is 1.72. The molecule has 0 atom stereocenters. The van der Waals surface area contributed by atoms with Crippen molar-refractivity contribution in [2.24, 2.45) is 0 Å². The normalized spacial score (nSPS) is 23.1. The molecular formula is C13H20. The molecule has 0 amide bonds. The molecule has 0 heteroatoms. The summed E-state index contributed by atoms with van der Waals surface area (Å²) in [7, 11) is 0. The van der Waals surface area contributed by atoms with Crippen LogP contribution >= 0.6 is 0 Å². The van der Waals surface area contributed by atoms with Crippen molar-refractivity contribution in [1.29, 1.82) is 0 Å². The number of allylic oxidation sites excluding steroid dienone is 4. The van der Waals surface area contributed by atoms with Crippen molar-refractivity contribution in [3.05, 3.63) is 22.3 Å². The molecule has 0 aromatic rings. The van der Waals surface area contributed by atoms with Crippen molar-refractivity contribution in [2.45, 2.75) is 58.8 Å². The maximum absolute atomic E-state index is 2.27. The summed E-state index contributed by atoms with van der Waals surface area (Å²) in [5.74, 6) is 0. The lowest BCUT2D eigenvalue weighted by Crippen LogP contribution is -1.88. The lowest BCUT2D eigenvalue weighted by molar-refractivity contribution is 0.886. The molecule has 2 saturated carbocycles. The molecule has 0 radical (unpaired) electrons. The Kier molecular flexibility index (Phi) is 2.57. The summed E-state index contributed by atoms with van der Waals surface area (Å²) in [4.78, 5) is 0. The molecule has 0 aromatic carbocycles. The van der Waals surface area contributed by atoms with E-state index in [-0.39, 0.29) is 0 Å². The topological polar surface area (TPSA) is 0 Å². The van der Waals surface area contributed by atoms with Crippen LogP contribution < -0.4 is 0 Å². The Labute approximate surface area is 81.7 Å². The molecule has 0 aliphatic heterocycles. The van der Waals surface area contributed by atoms with E-state index in [1.807, 2.05) is 0 Å². The fraction of sp³-hybridized carbons (Fsp3) is 0.692. The quantitative estimate of drug-likeness (QED) is 0.514. The van der Waals surface area contributed by atoms with Gasteiger partial charge in [0.25, 0.3) is 0 Å². The molecule has 0 N–H and O–H groups in total. The van der Waals surface area contributed by atoms with Crippen LogP contribution in [0.2, 0.25) is 0 Å². The van der Waals surface area contributed by atoms with Crippen LogP contribution in [0.15, 0.2) is 22.3 Å². The Hall–Kier alpha value is -0.520. The highest BCUT2D eigenvalue weighted by molar-refractivity contribution is 5.41. The number of hydrogen-bond donors (Lipinski definition) is 0. The van der Waals surface area contributed by atoms with Gasteiger partial charge in [-0.25, -0.2) is 0 Å². The average molecular weight is 176 g/mol. The number of rotatable bonds is 0. The first-order valence-electron chi connectivity index (χ1n) is 5.66. The maximum atomic E-state index is 2.27. The maximum Gasteiger partial charge on any atom is -0.0273 e. The van der Waals surface area contributed by atoms with Gasteiger partial charge >= 0.3 is 0 Å². The van der Waals surface area contributed by atoms with Gasteiger partial charge in [-0.3, -0.25) is 0 Å². The molecule has 2 aliphatic carbocycles. The molecule has 0 nitrogen and oxygen atoms in total. The van der Waals surface area contributed by atoms with Gasteiger partial charge in [-0.2, -0.15) is 0 Å². The predicted molar refractivity (Wildman–Crippen MR) is 57.7 cm³/mol. The lowest BCUT2D eigenvalue weighted by atomic mass is 9.98. The van der Waals surface area contributed by atoms with E-state index in [2.05, 4.69) is 13.8 Å². The summed E-state index contributed by atoms with van der Waals surface area (Å²) in [6.45, 7) is 4.55. The molecule has 0 unspecified atom stereocenters. The lowest BCUT2D eigenvalue weighted by Gasteiger charge is -2.08. The van der Waals surface area contributed by atoms with Crippen LogP contribution in [0.5, 0.6) is 0 Å². The van der Waals surface area contributed by atoms with Crippen LogP contribution in [-0.4, -0.2) is 0 Å². The second-order valence-corrected chi connectivity index (χ2v) is 4.62. The summed E-state index contributed by atoms with van der Waals surface area (Å²) in [6, 6.07) is 0. The zero-order valence-electron chi connectivity index (χ0n) is 8.95. The monoisotopic (exact) mass is 176 g/mol. The fourth-order valence-corrected chi connectivity index (χ4v) is 2.79. The SMILES string of the molecule is CC(C)=C1CCCC1=C1CCCC1. The fourth-order valence-electron chi connectivity index (χ4n) is 2.79. The molecule has 2 rings (SSSR count). The zero-order valence-corrected chi connectivity index (χ0v) is 8.95. The summed E-state index contributed by atoms with van der Waals surface area (Å²) in [5.41, 5.74) is 6.83. The van der Waals surface area contributed by atoms with E-state index in [4.69, 9.17) is 0 Å². The molecule has 2 fully saturated rings. The predicted octanol–water partition coefficient (Wildman–Crippen LogP) is 4.38. The van der Waals surface area contributed by atoms with E-state index in [1.165, 1.54) is 44.9 Å². The summed E-state index contributed by atoms with van der Waals surface area (Å²) in [6.07, 6.45) is 9.79. The first-order valence-corrected chi connectivity index (χ1v) is 5.66. The summed E-state index contributed by atoms with van der Waals surface area (Å²) >= 11 is 0. The van der Waals surface area contributed by atoms with Crippen LogP contribution in [0.1, 0.15) is 58.8 Å². The van der Waals surface area contributed by atoms with E-state index in [1.54, 1.807) is 22.3 Å². The molecule has 0 heterocycles. The Morgan fingerprint density at radius 1 is 0.846 bits per heavy atom. The highest BCUT2D eigenvalue weighted by atomic mass is 14.3. The van der Waals surface area contributed by atoms with Gasteiger partial charge in [-0.15, -0.1) is 0 Å². The van der Waals surface area contributed by atoms with E-state index in [0.29, 0.717) is 0 Å². The van der Waals surface area contributed by atoms with Crippen molar-refractivity contribution in [3.8, 4) is 0 Å². The molecule has 2 aliphatic rings. The van der Waals surface area contributed by atoms with Crippen molar-refractivity contribution >= 4 is 0 Å². The molecule has 0 bridgehead atoms. The second-order valence-electron chi connectivity index (χ2n) is 4.62. The number of hydrogen-bond acceptors (Lipinski definition) is 0. The van der Waals surface area contributed by atoms with Gasteiger partial charge in [0.2, 0.25) is 0 Å². The van der Waals surface area contributed by atoms with E-state index < -0.39 is 0 Å². The van der Waals surface area contributed by atoms with E-state index in [9.17, 15) is 0 Å². The zero-order chi connectivity index (χ0) is 9.26. The van der Waals surface area contributed by atoms with Crippen LogP contribution in [0.3, 0.4) is 0 Å². The van der Waals surface area contributed by atoms with Crippen molar-refractivity contribution in [3.63, 3.8) is 0 Å². The molecule has 0 saturated heterocycles. The first-order chi connectivity index (χ1) is 6.29. The molecule has 0 spiro atoms. The van der Waals surface area contributed by atoms with Gasteiger partial charge in [0.05, 0.1) is 0 Å². The van der Waals surface area contributed by atoms with Crippen molar-refractivity contribution < 1.29 is 0 Å². The van der Waals surface area contributed by atoms with Crippen LogP contribution in [0.25, 0.3) is 0 Å². The molecule has 13 heavy (non-hydrogen) atoms. The van der Waals surface area contributed by atoms with E-state index in [0.717, 1.165) is 0 Å². The van der Waals surface area contributed by atoms with Gasteiger partial charge in [-0.05, 0) is 69.9 Å². The van der Waals surface area contributed by atoms with Gasteiger partial charge in [0.1, 0.15) is 0 Å². The Morgan fingerprint density at radius 3 is 2.15 bits per heavy atom. The Balaban J connectivity index is 2.32. The van der Waals surface area contributed by atoms with Crippen LogP contribution in [0, 0.1) is 0 Å². The Bertz CT molecular complexity index is 254. The van der Waals surface area contributed by atoms with Crippen LogP contribution in [0.4, 0.5) is 0 Å². The van der Waals surface area contributed by atoms with Gasteiger partial charge in [0, 0.05) is 0 Å². The molecular weight excluding hydrogens is 156 g/mol. The highest BCUT2D eigenvalue weighted by Crippen LogP contribution is 2.39. The van der Waals surface area contributed by atoms with Crippen LogP contribution in [-0.2, 0) is 0 Å². The summed E-state index contributed by atoms with van der Waals surface area (Å²) in [5, 5.41) is 0. The second kappa shape index (κ2) is 3.69. The minimum atomic E-state index is 1.35. The molecule has 72 valence electrons. The largest absolute Gasteiger partial charge is 0.0730 e.